The molecule has 124 valence electrons. The van der Waals surface area contributed by atoms with Gasteiger partial charge in [0.25, 0.3) is 5.91 Å². The number of nitrogens with one attached hydrogen (secondary N) is 3. The first-order chi connectivity index (χ1) is 11.3. The van der Waals surface area contributed by atoms with Crippen LogP contribution in [0.4, 0.5) is 11.6 Å². The number of amides is 1. The minimum absolute atomic E-state index is 0.281. The third kappa shape index (κ3) is 2.85. The van der Waals surface area contributed by atoms with E-state index in [0.29, 0.717) is 33.9 Å². The topological polar surface area (TPSA) is 107 Å². The van der Waals surface area contributed by atoms with Crippen LogP contribution in [0.25, 0.3) is 11.0 Å². The van der Waals surface area contributed by atoms with Gasteiger partial charge in [0.15, 0.2) is 0 Å². The van der Waals surface area contributed by atoms with Gasteiger partial charge in [-0.25, -0.2) is 14.8 Å². The third-order valence-corrected chi connectivity index (χ3v) is 3.72. The van der Waals surface area contributed by atoms with Crippen molar-refractivity contribution in [3.05, 3.63) is 45.6 Å². The zero-order chi connectivity index (χ0) is 17.4. The minimum atomic E-state index is -0.293. The quantitative estimate of drug-likeness (QED) is 0.677. The van der Waals surface area contributed by atoms with E-state index in [1.807, 2.05) is 21.0 Å². The van der Waals surface area contributed by atoms with E-state index in [1.165, 1.54) is 6.20 Å². The molecule has 3 N–H and O–H groups in total. The van der Waals surface area contributed by atoms with Crippen molar-refractivity contribution in [2.24, 2.45) is 0 Å². The van der Waals surface area contributed by atoms with Gasteiger partial charge in [-0.1, -0.05) is 0 Å². The van der Waals surface area contributed by atoms with Crippen LogP contribution in [0.15, 0.2) is 23.1 Å². The largest absolute Gasteiger partial charge is 0.347 e. The molecule has 0 aliphatic rings. The minimum Gasteiger partial charge on any atom is -0.347 e. The first-order valence-corrected chi connectivity index (χ1v) is 7.40. The average Bonchev–Trinajstić information content (AvgIpc) is 2.86. The van der Waals surface area contributed by atoms with Crippen LogP contribution in [0.1, 0.15) is 21.6 Å². The number of imidazole rings is 1. The van der Waals surface area contributed by atoms with Crippen molar-refractivity contribution in [2.75, 3.05) is 24.3 Å². The maximum atomic E-state index is 12.5. The lowest BCUT2D eigenvalue weighted by molar-refractivity contribution is 0.102. The molecule has 0 aliphatic heterocycles. The number of carbonyl (C=O) groups is 1. The number of aromatic amines is 2. The summed E-state index contributed by atoms with van der Waals surface area (Å²) in [5, 5.41) is 2.85. The molecule has 0 atom stereocenters. The smallest absolute Gasteiger partial charge is 0.323 e. The second-order valence-corrected chi connectivity index (χ2v) is 5.81. The zero-order valence-electron chi connectivity index (χ0n) is 13.9. The number of nitrogens with zero attached hydrogens (tertiary/aromatic N) is 3. The van der Waals surface area contributed by atoms with Crippen LogP contribution in [-0.2, 0) is 0 Å². The number of benzene rings is 1. The number of carbonyl (C=O) groups excluding carboxylic acids is 1. The van der Waals surface area contributed by atoms with Gasteiger partial charge in [-0.2, -0.15) is 0 Å². The molecular formula is C16H18N6O2. The van der Waals surface area contributed by atoms with Crippen LogP contribution in [0.5, 0.6) is 0 Å². The molecule has 2 aromatic heterocycles. The fraction of sp³-hybridized carbons (Fsp3) is 0.250. The zero-order valence-corrected chi connectivity index (χ0v) is 13.9. The summed E-state index contributed by atoms with van der Waals surface area (Å²) in [5.41, 5.74) is 3.52. The summed E-state index contributed by atoms with van der Waals surface area (Å²) >= 11 is 0. The molecule has 0 unspecified atom stereocenters. The van der Waals surface area contributed by atoms with Gasteiger partial charge in [0.1, 0.15) is 0 Å². The van der Waals surface area contributed by atoms with E-state index < -0.39 is 0 Å². The third-order valence-electron chi connectivity index (χ3n) is 3.72. The highest BCUT2D eigenvalue weighted by atomic mass is 16.2. The van der Waals surface area contributed by atoms with Crippen molar-refractivity contribution in [1.29, 1.82) is 0 Å². The lowest BCUT2D eigenvalue weighted by atomic mass is 10.1. The molecule has 2 heterocycles. The van der Waals surface area contributed by atoms with Gasteiger partial charge in [-0.15, -0.1) is 0 Å². The highest BCUT2D eigenvalue weighted by molar-refractivity contribution is 6.06. The molecule has 0 spiro atoms. The molecule has 0 bridgehead atoms. The molecule has 0 fully saturated rings. The van der Waals surface area contributed by atoms with Crippen molar-refractivity contribution < 1.29 is 4.79 Å². The molecule has 3 rings (SSSR count). The summed E-state index contributed by atoms with van der Waals surface area (Å²) in [4.78, 5) is 39.5. The first kappa shape index (κ1) is 15.7. The maximum Gasteiger partial charge on any atom is 0.323 e. The molecule has 1 amide bonds. The lowest BCUT2D eigenvalue weighted by Crippen LogP contribution is -2.18. The second-order valence-electron chi connectivity index (χ2n) is 5.81. The SMILES string of the molecule is Cc1cc2[nH]c(=O)[nH]c2cc1NC(=O)c1cnc(N(C)C)nc1C. The maximum absolute atomic E-state index is 12.5. The van der Waals surface area contributed by atoms with Crippen LogP contribution in [-0.4, -0.2) is 39.9 Å². The van der Waals surface area contributed by atoms with Crippen molar-refractivity contribution >= 4 is 28.6 Å². The summed E-state index contributed by atoms with van der Waals surface area (Å²) in [6.45, 7) is 3.63. The number of rotatable bonds is 3. The summed E-state index contributed by atoms with van der Waals surface area (Å²) in [6.07, 6.45) is 1.51. The molecule has 0 aliphatic carbocycles. The Balaban J connectivity index is 1.92. The van der Waals surface area contributed by atoms with Gasteiger partial charge in [-0.3, -0.25) is 4.79 Å². The standard InChI is InChI=1S/C16H18N6O2/c1-8-5-12-13(21-16(24)20-12)6-11(8)19-14(23)10-7-17-15(22(3)4)18-9(10)2/h5-7H,1-4H3,(H,19,23)(H2,20,21,24). The van der Waals surface area contributed by atoms with E-state index in [9.17, 15) is 9.59 Å². The van der Waals surface area contributed by atoms with Gasteiger partial charge in [0, 0.05) is 26.0 Å². The Morgan fingerprint density at radius 1 is 1.17 bits per heavy atom. The van der Waals surface area contributed by atoms with Crippen LogP contribution in [0, 0.1) is 13.8 Å². The van der Waals surface area contributed by atoms with Crippen molar-refractivity contribution in [1.82, 2.24) is 19.9 Å². The fourth-order valence-corrected chi connectivity index (χ4v) is 2.41. The van der Waals surface area contributed by atoms with E-state index in [0.717, 1.165) is 5.56 Å². The predicted molar refractivity (Wildman–Crippen MR) is 92.7 cm³/mol. The monoisotopic (exact) mass is 326 g/mol. The Morgan fingerprint density at radius 3 is 2.46 bits per heavy atom. The van der Waals surface area contributed by atoms with E-state index in [4.69, 9.17) is 0 Å². The van der Waals surface area contributed by atoms with Gasteiger partial charge in [0.05, 0.1) is 22.3 Å². The Morgan fingerprint density at radius 2 is 1.83 bits per heavy atom. The molecule has 8 heteroatoms. The van der Waals surface area contributed by atoms with Crippen molar-refractivity contribution in [3.63, 3.8) is 0 Å². The number of anilines is 2. The Hall–Kier alpha value is -3.16. The van der Waals surface area contributed by atoms with Crippen LogP contribution < -0.4 is 15.9 Å². The first-order valence-electron chi connectivity index (χ1n) is 7.40. The molecule has 0 saturated carbocycles. The Bertz CT molecular complexity index is 986. The highest BCUT2D eigenvalue weighted by Crippen LogP contribution is 2.21. The van der Waals surface area contributed by atoms with Gasteiger partial charge in [-0.05, 0) is 31.5 Å². The predicted octanol–water partition coefficient (Wildman–Crippen LogP) is 1.58. The Labute approximate surface area is 137 Å². The normalized spacial score (nSPS) is 10.8. The molecule has 3 aromatic rings. The van der Waals surface area contributed by atoms with E-state index in [1.54, 1.807) is 24.0 Å². The fourth-order valence-electron chi connectivity index (χ4n) is 2.41. The number of hydrogen-bond donors (Lipinski definition) is 3. The van der Waals surface area contributed by atoms with E-state index in [2.05, 4.69) is 25.3 Å². The van der Waals surface area contributed by atoms with Gasteiger partial charge < -0.3 is 20.2 Å². The lowest BCUT2D eigenvalue weighted by Gasteiger charge is -2.13. The number of aryl methyl sites for hydroxylation is 2. The molecule has 8 nitrogen and oxygen atoms in total. The average molecular weight is 326 g/mol. The summed E-state index contributed by atoms with van der Waals surface area (Å²) < 4.78 is 0. The van der Waals surface area contributed by atoms with Crippen LogP contribution >= 0.6 is 0 Å². The van der Waals surface area contributed by atoms with Crippen LogP contribution in [0.3, 0.4) is 0 Å². The molecular weight excluding hydrogens is 308 g/mol. The summed E-state index contributed by atoms with van der Waals surface area (Å²) in [5.74, 6) is 0.254. The van der Waals surface area contributed by atoms with Gasteiger partial charge in [0.2, 0.25) is 5.95 Å². The number of fused-ring (bicyclic) bond motifs is 1. The number of hydrogen-bond acceptors (Lipinski definition) is 5. The number of H-pyrrole nitrogens is 2. The summed E-state index contributed by atoms with van der Waals surface area (Å²) in [7, 11) is 3.68. The Kier molecular flexibility index (Phi) is 3.80. The van der Waals surface area contributed by atoms with Crippen molar-refractivity contribution in [2.45, 2.75) is 13.8 Å². The highest BCUT2D eigenvalue weighted by Gasteiger charge is 2.14. The molecule has 0 radical (unpaired) electrons. The van der Waals surface area contributed by atoms with E-state index >= 15 is 0 Å². The number of aromatic nitrogens is 4. The molecule has 1 aromatic carbocycles. The molecule has 24 heavy (non-hydrogen) atoms. The van der Waals surface area contributed by atoms with Crippen LogP contribution in [0.2, 0.25) is 0 Å². The summed E-state index contributed by atoms with van der Waals surface area (Å²) in [6, 6.07) is 3.53. The molecule has 0 saturated heterocycles. The van der Waals surface area contributed by atoms with Gasteiger partial charge >= 0.3 is 5.69 Å². The van der Waals surface area contributed by atoms with Crippen molar-refractivity contribution in [3.8, 4) is 0 Å². The van der Waals surface area contributed by atoms with E-state index in [-0.39, 0.29) is 11.6 Å². The second kappa shape index (κ2) is 5.80.